The molecule has 2 unspecified atom stereocenters. The van der Waals surface area contributed by atoms with E-state index in [9.17, 15) is 9.50 Å². The molecule has 0 saturated heterocycles. The van der Waals surface area contributed by atoms with Gasteiger partial charge in [0.25, 0.3) is 0 Å². The largest absolute Gasteiger partial charge is 0.387 e. The summed E-state index contributed by atoms with van der Waals surface area (Å²) in [6.45, 7) is 2.65. The molecule has 0 spiro atoms. The van der Waals surface area contributed by atoms with Crippen molar-refractivity contribution in [3.63, 3.8) is 0 Å². The van der Waals surface area contributed by atoms with Gasteiger partial charge in [0, 0.05) is 12.7 Å². The number of pyridine rings is 1. The van der Waals surface area contributed by atoms with Gasteiger partial charge >= 0.3 is 0 Å². The highest BCUT2D eigenvalue weighted by atomic mass is 19.1. The molecular weight excluding hydrogens is 305 g/mol. The van der Waals surface area contributed by atoms with E-state index < -0.39 is 6.10 Å². The van der Waals surface area contributed by atoms with Crippen LogP contribution in [-0.2, 0) is 6.42 Å². The Morgan fingerprint density at radius 2 is 2.04 bits per heavy atom. The van der Waals surface area contributed by atoms with Gasteiger partial charge in [0.05, 0.1) is 23.5 Å². The van der Waals surface area contributed by atoms with Crippen molar-refractivity contribution < 1.29 is 9.50 Å². The number of aliphatic hydroxyl groups excluding tert-OH is 1. The van der Waals surface area contributed by atoms with Crippen LogP contribution in [0.4, 0.5) is 4.39 Å². The Hall–Kier alpha value is -2.24. The first-order chi connectivity index (χ1) is 11.7. The molecule has 126 valence electrons. The smallest absolute Gasteiger partial charge is 0.123 e. The average molecular weight is 327 g/mol. The van der Waals surface area contributed by atoms with Crippen molar-refractivity contribution in [3.8, 4) is 0 Å². The minimum Gasteiger partial charge on any atom is -0.387 e. The summed E-state index contributed by atoms with van der Waals surface area (Å²) in [6, 6.07) is 12.3. The fraction of sp³-hybridized carbons (Fsp3) is 0.316. The zero-order valence-electron chi connectivity index (χ0n) is 13.7. The zero-order chi connectivity index (χ0) is 16.9. The van der Waals surface area contributed by atoms with Crippen LogP contribution in [0.2, 0.25) is 0 Å². The molecule has 5 heteroatoms. The Bertz CT molecular complexity index is 688. The van der Waals surface area contributed by atoms with Gasteiger partial charge in [-0.15, -0.1) is 0 Å². The van der Waals surface area contributed by atoms with Gasteiger partial charge in [-0.1, -0.05) is 25.1 Å². The van der Waals surface area contributed by atoms with Crippen LogP contribution in [0.5, 0.6) is 0 Å². The molecule has 2 heterocycles. The van der Waals surface area contributed by atoms with Crippen LogP contribution in [0, 0.1) is 5.82 Å². The summed E-state index contributed by atoms with van der Waals surface area (Å²) in [7, 11) is 0. The van der Waals surface area contributed by atoms with Gasteiger partial charge in [0.15, 0.2) is 0 Å². The van der Waals surface area contributed by atoms with Gasteiger partial charge in [0.2, 0.25) is 0 Å². The fourth-order valence-electron chi connectivity index (χ4n) is 2.84. The van der Waals surface area contributed by atoms with Gasteiger partial charge in [-0.25, -0.2) is 9.82 Å². The maximum absolute atomic E-state index is 13.0. The summed E-state index contributed by atoms with van der Waals surface area (Å²) in [5.74, 6) is -0.227. The van der Waals surface area contributed by atoms with E-state index in [-0.39, 0.29) is 11.9 Å². The normalized spacial score (nSPS) is 18.5. The van der Waals surface area contributed by atoms with E-state index in [0.29, 0.717) is 13.0 Å². The first-order valence-corrected chi connectivity index (χ1v) is 8.26. The Balaban J connectivity index is 1.71. The quantitative estimate of drug-likeness (QED) is 0.856. The minimum atomic E-state index is -0.514. The van der Waals surface area contributed by atoms with E-state index in [0.717, 1.165) is 23.4 Å². The predicted molar refractivity (Wildman–Crippen MR) is 91.3 cm³/mol. The lowest BCUT2D eigenvalue weighted by Gasteiger charge is -2.26. The van der Waals surface area contributed by atoms with Crippen LogP contribution < -0.4 is 5.43 Å². The number of hydrogen-bond donors (Lipinski definition) is 2. The van der Waals surface area contributed by atoms with Crippen LogP contribution in [-0.4, -0.2) is 27.7 Å². The Kier molecular flexibility index (Phi) is 5.23. The summed E-state index contributed by atoms with van der Waals surface area (Å²) >= 11 is 0. The lowest BCUT2D eigenvalue weighted by Crippen LogP contribution is -2.38. The van der Waals surface area contributed by atoms with E-state index in [1.165, 1.54) is 12.1 Å². The molecule has 1 aliphatic rings. The minimum absolute atomic E-state index is 0.0457. The number of hydrazine groups is 1. The number of nitrogens with zero attached hydrogens (tertiary/aromatic N) is 2. The van der Waals surface area contributed by atoms with Crippen molar-refractivity contribution in [2.24, 2.45) is 0 Å². The lowest BCUT2D eigenvalue weighted by atomic mass is 10.1. The molecular formula is C19H22FN3O. The highest BCUT2D eigenvalue weighted by Crippen LogP contribution is 2.26. The van der Waals surface area contributed by atoms with Crippen molar-refractivity contribution in [1.82, 2.24) is 15.4 Å². The van der Waals surface area contributed by atoms with Crippen LogP contribution >= 0.6 is 0 Å². The van der Waals surface area contributed by atoms with Gasteiger partial charge in [-0.3, -0.25) is 4.98 Å². The summed E-state index contributed by atoms with van der Waals surface area (Å²) in [4.78, 5) is 4.39. The molecule has 1 aromatic carbocycles. The summed E-state index contributed by atoms with van der Waals surface area (Å²) in [5.41, 5.74) is 6.25. The monoisotopic (exact) mass is 327 g/mol. The van der Waals surface area contributed by atoms with Crippen LogP contribution in [0.1, 0.15) is 30.6 Å². The molecule has 2 atom stereocenters. The second kappa shape index (κ2) is 7.55. The summed E-state index contributed by atoms with van der Waals surface area (Å²) in [6.07, 6.45) is 4.69. The molecule has 0 amide bonds. The predicted octanol–water partition coefficient (Wildman–Crippen LogP) is 2.98. The third-order valence-corrected chi connectivity index (χ3v) is 4.22. The SMILES string of the molecule is CCC(O)C1=CC(c2ccccn2)NN1CCc1ccc(F)cc1. The molecule has 1 aromatic heterocycles. The van der Waals surface area contributed by atoms with Crippen LogP contribution in [0.3, 0.4) is 0 Å². The van der Waals surface area contributed by atoms with Crippen molar-refractivity contribution in [3.05, 3.63) is 77.5 Å². The second-order valence-electron chi connectivity index (χ2n) is 5.91. The molecule has 0 aliphatic carbocycles. The van der Waals surface area contributed by atoms with E-state index in [2.05, 4.69) is 10.4 Å². The third-order valence-electron chi connectivity index (χ3n) is 4.22. The fourth-order valence-corrected chi connectivity index (χ4v) is 2.84. The molecule has 0 fully saturated rings. The van der Waals surface area contributed by atoms with E-state index in [1.807, 2.05) is 36.2 Å². The molecule has 2 N–H and O–H groups in total. The number of rotatable bonds is 6. The number of nitrogens with one attached hydrogen (secondary N) is 1. The van der Waals surface area contributed by atoms with Gasteiger partial charge in [0.1, 0.15) is 5.82 Å². The van der Waals surface area contributed by atoms with E-state index >= 15 is 0 Å². The van der Waals surface area contributed by atoms with Gasteiger partial charge in [-0.05, 0) is 48.7 Å². The standard InChI is InChI=1S/C19H22FN3O/c1-2-19(24)18-13-17(16-5-3-4-11-21-16)22-23(18)12-10-14-6-8-15(20)9-7-14/h3-9,11,13,17,19,22,24H,2,10,12H2,1H3. The van der Waals surface area contributed by atoms with Crippen molar-refractivity contribution in [2.45, 2.75) is 31.9 Å². The number of halogens is 1. The molecule has 24 heavy (non-hydrogen) atoms. The molecule has 0 radical (unpaired) electrons. The molecule has 2 aromatic rings. The molecule has 0 saturated carbocycles. The van der Waals surface area contributed by atoms with Crippen molar-refractivity contribution in [2.75, 3.05) is 6.54 Å². The molecule has 3 rings (SSSR count). The Labute approximate surface area is 141 Å². The number of benzene rings is 1. The van der Waals surface area contributed by atoms with E-state index in [1.54, 1.807) is 18.3 Å². The van der Waals surface area contributed by atoms with Gasteiger partial charge in [-0.2, -0.15) is 0 Å². The highest BCUT2D eigenvalue weighted by Gasteiger charge is 2.27. The highest BCUT2D eigenvalue weighted by molar-refractivity contribution is 5.24. The summed E-state index contributed by atoms with van der Waals surface area (Å²) in [5, 5.41) is 12.3. The zero-order valence-corrected chi connectivity index (χ0v) is 13.7. The number of aromatic nitrogens is 1. The van der Waals surface area contributed by atoms with Crippen molar-refractivity contribution in [1.29, 1.82) is 0 Å². The van der Waals surface area contributed by atoms with E-state index in [4.69, 9.17) is 0 Å². The topological polar surface area (TPSA) is 48.4 Å². The summed E-state index contributed by atoms with van der Waals surface area (Å²) < 4.78 is 13.0. The number of hydrogen-bond acceptors (Lipinski definition) is 4. The Morgan fingerprint density at radius 3 is 2.71 bits per heavy atom. The van der Waals surface area contributed by atoms with Crippen LogP contribution in [0.25, 0.3) is 0 Å². The molecule has 0 bridgehead atoms. The maximum atomic E-state index is 13.0. The molecule has 4 nitrogen and oxygen atoms in total. The van der Waals surface area contributed by atoms with Crippen molar-refractivity contribution >= 4 is 0 Å². The molecule has 1 aliphatic heterocycles. The first kappa shape index (κ1) is 16.6. The average Bonchev–Trinajstić information content (AvgIpc) is 3.05. The lowest BCUT2D eigenvalue weighted by molar-refractivity contribution is 0.142. The van der Waals surface area contributed by atoms with Gasteiger partial charge < -0.3 is 10.1 Å². The Morgan fingerprint density at radius 1 is 1.25 bits per heavy atom. The second-order valence-corrected chi connectivity index (χ2v) is 5.91. The first-order valence-electron chi connectivity index (χ1n) is 8.26. The number of aliphatic hydroxyl groups is 1. The van der Waals surface area contributed by atoms with Crippen LogP contribution in [0.15, 0.2) is 60.4 Å². The maximum Gasteiger partial charge on any atom is 0.123 e. The third kappa shape index (κ3) is 3.80.